The summed E-state index contributed by atoms with van der Waals surface area (Å²) < 4.78 is 1.19. The van der Waals surface area contributed by atoms with Gasteiger partial charge in [0.05, 0.1) is 3.79 Å². The first-order valence-corrected chi connectivity index (χ1v) is 5.99. The fourth-order valence-corrected chi connectivity index (χ4v) is 2.51. The number of nitrogens with one attached hydrogen (secondary N) is 1. The van der Waals surface area contributed by atoms with Crippen LogP contribution in [-0.4, -0.2) is 24.8 Å². The number of aliphatic hydroxyl groups is 1. The molecule has 0 atom stereocenters. The molecule has 0 aliphatic heterocycles. The Balaban J connectivity index is 2.06. The first-order chi connectivity index (χ1) is 6.33. The van der Waals surface area contributed by atoms with E-state index in [2.05, 4.69) is 33.4 Å². The molecule has 0 spiro atoms. The fraction of sp³-hybridized carbons (Fsp3) is 0.556. The zero-order valence-electron chi connectivity index (χ0n) is 7.42. The van der Waals surface area contributed by atoms with Gasteiger partial charge in [0.15, 0.2) is 0 Å². The maximum atomic E-state index is 8.54. The highest BCUT2D eigenvalue weighted by Gasteiger charge is 1.96. The minimum absolute atomic E-state index is 0.275. The lowest BCUT2D eigenvalue weighted by molar-refractivity contribution is 0.286. The molecule has 4 heteroatoms. The summed E-state index contributed by atoms with van der Waals surface area (Å²) in [6.45, 7) is 2.17. The van der Waals surface area contributed by atoms with E-state index < -0.39 is 0 Å². The van der Waals surface area contributed by atoms with Crippen LogP contribution in [0.15, 0.2) is 15.9 Å². The van der Waals surface area contributed by atoms with E-state index in [1.807, 2.05) is 0 Å². The third-order valence-electron chi connectivity index (χ3n) is 1.69. The van der Waals surface area contributed by atoms with Crippen molar-refractivity contribution in [3.63, 3.8) is 0 Å². The number of hydrogen-bond donors (Lipinski definition) is 2. The molecule has 0 saturated carbocycles. The maximum Gasteiger partial charge on any atom is 0.0701 e. The molecule has 1 rings (SSSR count). The Kier molecular flexibility index (Phi) is 5.62. The molecule has 0 radical (unpaired) electrons. The molecule has 0 amide bonds. The lowest BCUT2D eigenvalue weighted by atomic mass is 10.3. The molecule has 1 aromatic rings. The van der Waals surface area contributed by atoms with E-state index in [0.29, 0.717) is 0 Å². The number of hydrogen-bond acceptors (Lipinski definition) is 3. The number of thiophene rings is 1. The molecule has 13 heavy (non-hydrogen) atoms. The van der Waals surface area contributed by atoms with Gasteiger partial charge in [0, 0.05) is 11.5 Å². The Morgan fingerprint density at radius 3 is 2.85 bits per heavy atom. The molecule has 2 nitrogen and oxygen atoms in total. The van der Waals surface area contributed by atoms with Crippen molar-refractivity contribution in [1.29, 1.82) is 0 Å². The molecule has 1 aromatic heterocycles. The molecule has 0 fully saturated rings. The Labute approximate surface area is 91.1 Å². The predicted octanol–water partition coefficient (Wildman–Crippen LogP) is 2.03. The second-order valence-corrected chi connectivity index (χ2v) is 5.33. The van der Waals surface area contributed by atoms with Gasteiger partial charge in [-0.1, -0.05) is 0 Å². The first kappa shape index (κ1) is 11.2. The smallest absolute Gasteiger partial charge is 0.0701 e. The van der Waals surface area contributed by atoms with Gasteiger partial charge >= 0.3 is 0 Å². The van der Waals surface area contributed by atoms with E-state index in [0.717, 1.165) is 25.9 Å². The Morgan fingerprint density at radius 1 is 1.38 bits per heavy atom. The fourth-order valence-electron chi connectivity index (χ4n) is 1.03. The first-order valence-electron chi connectivity index (χ1n) is 4.38. The molecule has 2 N–H and O–H groups in total. The lowest BCUT2D eigenvalue weighted by Gasteiger charge is -2.00. The zero-order chi connectivity index (χ0) is 9.52. The lowest BCUT2D eigenvalue weighted by Crippen LogP contribution is -2.18. The average molecular weight is 264 g/mol. The van der Waals surface area contributed by atoms with E-state index in [1.165, 1.54) is 8.66 Å². The van der Waals surface area contributed by atoms with Gasteiger partial charge in [0.2, 0.25) is 0 Å². The highest BCUT2D eigenvalue weighted by Crippen LogP contribution is 2.21. The second kappa shape index (κ2) is 6.54. The van der Waals surface area contributed by atoms with Crippen LogP contribution in [0.3, 0.4) is 0 Å². The molecule has 0 aromatic carbocycles. The molecule has 0 saturated heterocycles. The summed E-state index contributed by atoms with van der Waals surface area (Å²) >= 11 is 5.21. The van der Waals surface area contributed by atoms with Crippen LogP contribution in [0.25, 0.3) is 0 Å². The standard InChI is InChI=1S/C9H14BrNOS/c10-9-3-2-8(13-9)4-6-11-5-1-7-12/h2-3,11-12H,1,4-7H2. The normalized spacial score (nSPS) is 10.6. The number of rotatable bonds is 6. The largest absolute Gasteiger partial charge is 0.396 e. The number of aliphatic hydroxyl groups excluding tert-OH is 1. The van der Waals surface area contributed by atoms with E-state index in [-0.39, 0.29) is 6.61 Å². The van der Waals surface area contributed by atoms with Crippen LogP contribution in [0.1, 0.15) is 11.3 Å². The molecule has 0 aliphatic carbocycles. The third-order valence-corrected chi connectivity index (χ3v) is 3.37. The van der Waals surface area contributed by atoms with Crippen molar-refractivity contribution >= 4 is 27.3 Å². The molecular formula is C9H14BrNOS. The third kappa shape index (κ3) is 4.76. The van der Waals surface area contributed by atoms with Crippen LogP contribution >= 0.6 is 27.3 Å². The summed E-state index contributed by atoms with van der Waals surface area (Å²) in [5, 5.41) is 11.8. The number of halogens is 1. The quantitative estimate of drug-likeness (QED) is 0.770. The van der Waals surface area contributed by atoms with Crippen molar-refractivity contribution in [2.24, 2.45) is 0 Å². The molecule has 74 valence electrons. The van der Waals surface area contributed by atoms with Crippen molar-refractivity contribution in [2.45, 2.75) is 12.8 Å². The van der Waals surface area contributed by atoms with Gasteiger partial charge in [-0.2, -0.15) is 0 Å². The Bertz CT molecular complexity index is 239. The molecule has 0 bridgehead atoms. The van der Waals surface area contributed by atoms with Gasteiger partial charge in [-0.25, -0.2) is 0 Å². The predicted molar refractivity (Wildman–Crippen MR) is 60.3 cm³/mol. The summed E-state index contributed by atoms with van der Waals surface area (Å²) in [5.74, 6) is 0. The highest BCUT2D eigenvalue weighted by molar-refractivity contribution is 9.11. The van der Waals surface area contributed by atoms with Crippen molar-refractivity contribution in [3.05, 3.63) is 20.8 Å². The minimum Gasteiger partial charge on any atom is -0.396 e. The van der Waals surface area contributed by atoms with E-state index in [1.54, 1.807) is 11.3 Å². The van der Waals surface area contributed by atoms with E-state index >= 15 is 0 Å². The van der Waals surface area contributed by atoms with E-state index in [9.17, 15) is 0 Å². The summed E-state index contributed by atoms with van der Waals surface area (Å²) in [6, 6.07) is 4.22. The Morgan fingerprint density at radius 2 is 2.23 bits per heavy atom. The maximum absolute atomic E-state index is 8.54. The monoisotopic (exact) mass is 263 g/mol. The second-order valence-electron chi connectivity index (χ2n) is 2.78. The summed E-state index contributed by atoms with van der Waals surface area (Å²) in [5.41, 5.74) is 0. The van der Waals surface area contributed by atoms with Crippen LogP contribution in [-0.2, 0) is 6.42 Å². The van der Waals surface area contributed by atoms with Gasteiger partial charge in [-0.05, 0) is 54.0 Å². The van der Waals surface area contributed by atoms with Crippen LogP contribution in [0.2, 0.25) is 0 Å². The minimum atomic E-state index is 0.275. The molecule has 1 heterocycles. The van der Waals surface area contributed by atoms with Crippen LogP contribution < -0.4 is 5.32 Å². The summed E-state index contributed by atoms with van der Waals surface area (Å²) in [4.78, 5) is 1.39. The van der Waals surface area contributed by atoms with E-state index in [4.69, 9.17) is 5.11 Å². The zero-order valence-corrected chi connectivity index (χ0v) is 9.83. The molecule has 0 unspecified atom stereocenters. The van der Waals surface area contributed by atoms with Crippen molar-refractivity contribution in [2.75, 3.05) is 19.7 Å². The molecule has 0 aliphatic rings. The summed E-state index contributed by atoms with van der Waals surface area (Å²) in [7, 11) is 0. The summed E-state index contributed by atoms with van der Waals surface area (Å²) in [6.07, 6.45) is 1.91. The SMILES string of the molecule is OCCCNCCc1ccc(Br)s1. The molecular weight excluding hydrogens is 250 g/mol. The van der Waals surface area contributed by atoms with Gasteiger partial charge < -0.3 is 10.4 Å². The van der Waals surface area contributed by atoms with Gasteiger partial charge in [-0.15, -0.1) is 11.3 Å². The topological polar surface area (TPSA) is 32.3 Å². The van der Waals surface area contributed by atoms with Crippen LogP contribution in [0.5, 0.6) is 0 Å². The van der Waals surface area contributed by atoms with Crippen LogP contribution in [0, 0.1) is 0 Å². The van der Waals surface area contributed by atoms with Crippen molar-refractivity contribution in [3.8, 4) is 0 Å². The van der Waals surface area contributed by atoms with Crippen molar-refractivity contribution < 1.29 is 5.11 Å². The van der Waals surface area contributed by atoms with Gasteiger partial charge in [0.1, 0.15) is 0 Å². The van der Waals surface area contributed by atoms with Gasteiger partial charge in [0.25, 0.3) is 0 Å². The van der Waals surface area contributed by atoms with Gasteiger partial charge in [-0.3, -0.25) is 0 Å². The highest BCUT2D eigenvalue weighted by atomic mass is 79.9. The average Bonchev–Trinajstić information content (AvgIpc) is 2.51. The van der Waals surface area contributed by atoms with Crippen LogP contribution in [0.4, 0.5) is 0 Å². The Hall–Kier alpha value is 0.1000. The van der Waals surface area contributed by atoms with Crippen molar-refractivity contribution in [1.82, 2.24) is 5.32 Å².